The van der Waals surface area contributed by atoms with Crippen molar-refractivity contribution in [2.75, 3.05) is 6.54 Å². The predicted molar refractivity (Wildman–Crippen MR) is 81.3 cm³/mol. The van der Waals surface area contributed by atoms with Gasteiger partial charge in [0.05, 0.1) is 11.0 Å². The second kappa shape index (κ2) is 6.27. The minimum absolute atomic E-state index is 0.0437. The van der Waals surface area contributed by atoms with Gasteiger partial charge in [-0.2, -0.15) is 0 Å². The van der Waals surface area contributed by atoms with Crippen molar-refractivity contribution in [3.8, 4) is 0 Å². The van der Waals surface area contributed by atoms with Crippen LogP contribution < -0.4 is 5.32 Å². The molecule has 0 spiro atoms. The Morgan fingerprint density at radius 2 is 2.10 bits per heavy atom. The van der Waals surface area contributed by atoms with Crippen LogP contribution in [0, 0.1) is 5.92 Å². The van der Waals surface area contributed by atoms with Gasteiger partial charge >= 0.3 is 0 Å². The van der Waals surface area contributed by atoms with Crippen LogP contribution in [0.25, 0.3) is 0 Å². The highest BCUT2D eigenvalue weighted by Crippen LogP contribution is 2.29. The summed E-state index contributed by atoms with van der Waals surface area (Å²) in [5.41, 5.74) is 1.39. The predicted octanol–water partition coefficient (Wildman–Crippen LogP) is 2.91. The Labute approximate surface area is 124 Å². The topological polar surface area (TPSA) is 49.3 Å². The molecule has 3 nitrogen and oxygen atoms in total. The molecule has 0 aromatic carbocycles. The highest BCUT2D eigenvalue weighted by Gasteiger charge is 2.26. The van der Waals surface area contributed by atoms with Crippen LogP contribution in [0.15, 0.2) is 6.07 Å². The quantitative estimate of drug-likeness (QED) is 0.842. The van der Waals surface area contributed by atoms with Crippen molar-refractivity contribution in [3.05, 3.63) is 21.4 Å². The number of fused-ring (bicyclic) bond motifs is 1. The molecule has 1 aromatic heterocycles. The Balaban J connectivity index is 1.59. The molecule has 2 unspecified atom stereocenters. The summed E-state index contributed by atoms with van der Waals surface area (Å²) in [7, 11) is 0. The van der Waals surface area contributed by atoms with E-state index in [1.165, 1.54) is 29.7 Å². The van der Waals surface area contributed by atoms with Crippen molar-refractivity contribution >= 4 is 17.2 Å². The van der Waals surface area contributed by atoms with Crippen LogP contribution in [0.2, 0.25) is 0 Å². The first kappa shape index (κ1) is 14.1. The van der Waals surface area contributed by atoms with Gasteiger partial charge in [-0.15, -0.1) is 11.3 Å². The molecule has 0 bridgehead atoms. The van der Waals surface area contributed by atoms with Crippen molar-refractivity contribution in [2.24, 2.45) is 5.92 Å². The van der Waals surface area contributed by atoms with E-state index >= 15 is 0 Å². The average Bonchev–Trinajstić information content (AvgIpc) is 2.97. The van der Waals surface area contributed by atoms with E-state index in [-0.39, 0.29) is 17.9 Å². The van der Waals surface area contributed by atoms with E-state index in [9.17, 15) is 9.90 Å². The summed E-state index contributed by atoms with van der Waals surface area (Å²) in [6.45, 7) is 0.614. The Morgan fingerprint density at radius 3 is 2.90 bits per heavy atom. The standard InChI is InChI=1S/C16H23NO2S/c18-13-7-4-6-12(13)10-17-16(19)15-9-11-5-2-1-3-8-14(11)20-15/h9,12-13,18H,1-8,10H2,(H,17,19). The molecule has 4 heteroatoms. The first-order chi connectivity index (χ1) is 9.74. The number of hydrogen-bond acceptors (Lipinski definition) is 3. The van der Waals surface area contributed by atoms with Crippen LogP contribution in [-0.4, -0.2) is 23.7 Å². The molecule has 0 saturated heterocycles. The lowest BCUT2D eigenvalue weighted by molar-refractivity contribution is 0.0920. The van der Waals surface area contributed by atoms with Crippen LogP contribution in [-0.2, 0) is 12.8 Å². The monoisotopic (exact) mass is 293 g/mol. The number of aliphatic hydroxyl groups is 1. The minimum atomic E-state index is -0.227. The second-order valence-corrected chi connectivity index (χ2v) is 7.22. The lowest BCUT2D eigenvalue weighted by atomic mass is 10.1. The summed E-state index contributed by atoms with van der Waals surface area (Å²) in [4.78, 5) is 14.5. The maximum atomic E-state index is 12.2. The molecule has 0 radical (unpaired) electrons. The van der Waals surface area contributed by atoms with E-state index in [1.54, 1.807) is 11.3 Å². The maximum Gasteiger partial charge on any atom is 0.261 e. The largest absolute Gasteiger partial charge is 0.393 e. The first-order valence-corrected chi connectivity index (χ1v) is 8.63. The number of aliphatic hydroxyl groups excluding tert-OH is 1. The molecule has 1 fully saturated rings. The van der Waals surface area contributed by atoms with Gasteiger partial charge in [0.15, 0.2) is 0 Å². The average molecular weight is 293 g/mol. The fourth-order valence-corrected chi connectivity index (χ4v) is 4.52. The van der Waals surface area contributed by atoms with Crippen LogP contribution in [0.1, 0.15) is 58.6 Å². The Morgan fingerprint density at radius 1 is 1.25 bits per heavy atom. The summed E-state index contributed by atoms with van der Waals surface area (Å²) in [5.74, 6) is 0.291. The highest BCUT2D eigenvalue weighted by atomic mass is 32.1. The fourth-order valence-electron chi connectivity index (χ4n) is 3.35. The number of rotatable bonds is 3. The van der Waals surface area contributed by atoms with Gasteiger partial charge in [-0.25, -0.2) is 0 Å². The minimum Gasteiger partial charge on any atom is -0.393 e. The van der Waals surface area contributed by atoms with Crippen molar-refractivity contribution in [1.82, 2.24) is 5.32 Å². The summed E-state index contributed by atoms with van der Waals surface area (Å²) in [5, 5.41) is 12.8. The SMILES string of the molecule is O=C(NCC1CCCC1O)c1cc2c(s1)CCCCC2. The number of nitrogens with one attached hydrogen (secondary N) is 1. The van der Waals surface area contributed by atoms with Crippen molar-refractivity contribution in [3.63, 3.8) is 0 Å². The molecular formula is C16H23NO2S. The molecule has 2 atom stereocenters. The van der Waals surface area contributed by atoms with Crippen molar-refractivity contribution in [2.45, 2.75) is 57.5 Å². The number of aryl methyl sites for hydroxylation is 2. The zero-order valence-electron chi connectivity index (χ0n) is 11.9. The van der Waals surface area contributed by atoms with E-state index in [0.717, 1.165) is 37.0 Å². The number of carbonyl (C=O) groups is 1. The van der Waals surface area contributed by atoms with E-state index in [0.29, 0.717) is 6.54 Å². The van der Waals surface area contributed by atoms with Gasteiger partial charge in [0.2, 0.25) is 0 Å². The molecule has 1 saturated carbocycles. The lowest BCUT2D eigenvalue weighted by Crippen LogP contribution is -2.32. The summed E-state index contributed by atoms with van der Waals surface area (Å²) >= 11 is 1.67. The maximum absolute atomic E-state index is 12.2. The van der Waals surface area contributed by atoms with Crippen LogP contribution in [0.3, 0.4) is 0 Å². The lowest BCUT2D eigenvalue weighted by Gasteiger charge is -2.14. The van der Waals surface area contributed by atoms with E-state index in [1.807, 2.05) is 0 Å². The number of carbonyl (C=O) groups excluding carboxylic acids is 1. The third-order valence-corrected chi connectivity index (χ3v) is 5.85. The smallest absolute Gasteiger partial charge is 0.261 e. The van der Waals surface area contributed by atoms with Gasteiger partial charge in [0, 0.05) is 17.3 Å². The third-order valence-electron chi connectivity index (χ3n) is 4.61. The summed E-state index contributed by atoms with van der Waals surface area (Å²) in [6, 6.07) is 2.09. The van der Waals surface area contributed by atoms with E-state index in [2.05, 4.69) is 11.4 Å². The molecule has 20 heavy (non-hydrogen) atoms. The Hall–Kier alpha value is -0.870. The van der Waals surface area contributed by atoms with Crippen LogP contribution in [0.5, 0.6) is 0 Å². The molecule has 0 aliphatic heterocycles. The molecular weight excluding hydrogens is 270 g/mol. The molecule has 110 valence electrons. The van der Waals surface area contributed by atoms with E-state index < -0.39 is 0 Å². The van der Waals surface area contributed by atoms with Gasteiger partial charge in [-0.05, 0) is 50.2 Å². The Kier molecular flexibility index (Phi) is 4.41. The van der Waals surface area contributed by atoms with Crippen molar-refractivity contribution < 1.29 is 9.90 Å². The van der Waals surface area contributed by atoms with Gasteiger partial charge < -0.3 is 10.4 Å². The highest BCUT2D eigenvalue weighted by molar-refractivity contribution is 7.14. The zero-order valence-corrected chi connectivity index (χ0v) is 12.7. The molecule has 2 aliphatic rings. The molecule has 1 aromatic rings. The number of thiophene rings is 1. The first-order valence-electron chi connectivity index (χ1n) is 7.82. The third kappa shape index (κ3) is 3.07. The molecule has 1 heterocycles. The van der Waals surface area contributed by atoms with Crippen molar-refractivity contribution in [1.29, 1.82) is 0 Å². The molecule has 3 rings (SSSR count). The van der Waals surface area contributed by atoms with Gasteiger partial charge in [-0.3, -0.25) is 4.79 Å². The fraction of sp³-hybridized carbons (Fsp3) is 0.688. The zero-order chi connectivity index (χ0) is 13.9. The molecule has 2 aliphatic carbocycles. The molecule has 1 amide bonds. The van der Waals surface area contributed by atoms with E-state index in [4.69, 9.17) is 0 Å². The van der Waals surface area contributed by atoms with Crippen LogP contribution in [0.4, 0.5) is 0 Å². The summed E-state index contributed by atoms with van der Waals surface area (Å²) < 4.78 is 0. The number of amides is 1. The second-order valence-electron chi connectivity index (χ2n) is 6.09. The van der Waals surface area contributed by atoms with Gasteiger partial charge in [0.25, 0.3) is 5.91 Å². The van der Waals surface area contributed by atoms with Crippen LogP contribution >= 0.6 is 11.3 Å². The van der Waals surface area contributed by atoms with Gasteiger partial charge in [0.1, 0.15) is 0 Å². The Bertz CT molecular complexity index is 459. The molecule has 2 N–H and O–H groups in total. The number of hydrogen-bond donors (Lipinski definition) is 2. The normalized spacial score (nSPS) is 26.1. The summed E-state index contributed by atoms with van der Waals surface area (Å²) in [6.07, 6.45) is 8.83. The van der Waals surface area contributed by atoms with Gasteiger partial charge in [-0.1, -0.05) is 12.8 Å².